The fourth-order valence-electron chi connectivity index (χ4n) is 2.47. The van der Waals surface area contributed by atoms with Crippen LogP contribution in [0.2, 0.25) is 0 Å². The molecule has 0 radical (unpaired) electrons. The molecule has 0 saturated carbocycles. The highest BCUT2D eigenvalue weighted by atomic mass is 16.5. The van der Waals surface area contributed by atoms with Crippen LogP contribution in [0.5, 0.6) is 0 Å². The van der Waals surface area contributed by atoms with Crippen LogP contribution in [0.4, 0.5) is 0 Å². The number of nitrogens with zero attached hydrogens (tertiary/aromatic N) is 1. The first-order valence-electron chi connectivity index (χ1n) is 6.41. The second-order valence-corrected chi connectivity index (χ2v) is 5.54. The van der Waals surface area contributed by atoms with E-state index in [2.05, 4.69) is 18.7 Å². The topological polar surface area (TPSA) is 49.8 Å². The van der Waals surface area contributed by atoms with Gasteiger partial charge in [0, 0.05) is 19.6 Å². The lowest BCUT2D eigenvalue weighted by atomic mass is 9.80. The van der Waals surface area contributed by atoms with Crippen LogP contribution in [-0.4, -0.2) is 48.3 Å². The van der Waals surface area contributed by atoms with Gasteiger partial charge in [0.05, 0.1) is 18.6 Å². The molecule has 0 bridgehead atoms. The highest BCUT2D eigenvalue weighted by Crippen LogP contribution is 2.30. The standard InChI is InChI=1S/C13H25NO3/c1-10(2)9-14-7-5-13(16,6-8-14)11(3)12(15)17-4/h10-11,16H,5-9H2,1-4H3. The molecule has 1 rings (SSSR count). The summed E-state index contributed by atoms with van der Waals surface area (Å²) < 4.78 is 4.71. The number of carbonyl (C=O) groups excluding carboxylic acids is 1. The fourth-order valence-corrected chi connectivity index (χ4v) is 2.47. The van der Waals surface area contributed by atoms with E-state index in [1.54, 1.807) is 6.92 Å². The molecule has 1 atom stereocenters. The average Bonchev–Trinajstić information content (AvgIpc) is 2.30. The molecule has 1 heterocycles. The number of methoxy groups -OCH3 is 1. The van der Waals surface area contributed by atoms with Gasteiger partial charge in [0.1, 0.15) is 0 Å². The second kappa shape index (κ2) is 5.83. The Hall–Kier alpha value is -0.610. The van der Waals surface area contributed by atoms with Crippen LogP contribution in [0.1, 0.15) is 33.6 Å². The Balaban J connectivity index is 2.51. The van der Waals surface area contributed by atoms with Gasteiger partial charge in [0.2, 0.25) is 0 Å². The summed E-state index contributed by atoms with van der Waals surface area (Å²) in [5, 5.41) is 10.5. The van der Waals surface area contributed by atoms with Crippen LogP contribution in [0, 0.1) is 11.8 Å². The first-order valence-corrected chi connectivity index (χ1v) is 6.41. The van der Waals surface area contributed by atoms with Gasteiger partial charge in [-0.15, -0.1) is 0 Å². The maximum Gasteiger partial charge on any atom is 0.311 e. The number of rotatable bonds is 4. The molecule has 0 aromatic heterocycles. The molecule has 0 amide bonds. The van der Waals surface area contributed by atoms with Crippen molar-refractivity contribution >= 4 is 5.97 Å². The lowest BCUT2D eigenvalue weighted by molar-refractivity contribution is -0.158. The number of carbonyl (C=O) groups is 1. The van der Waals surface area contributed by atoms with E-state index in [-0.39, 0.29) is 5.97 Å². The van der Waals surface area contributed by atoms with Crippen molar-refractivity contribution in [3.05, 3.63) is 0 Å². The summed E-state index contributed by atoms with van der Waals surface area (Å²) in [4.78, 5) is 13.8. The SMILES string of the molecule is COC(=O)C(C)C1(O)CCN(CC(C)C)CC1. The third-order valence-electron chi connectivity index (χ3n) is 3.71. The van der Waals surface area contributed by atoms with Gasteiger partial charge in [-0.25, -0.2) is 0 Å². The molecule has 1 N–H and O–H groups in total. The van der Waals surface area contributed by atoms with E-state index in [1.165, 1.54) is 7.11 Å². The van der Waals surface area contributed by atoms with Crippen molar-refractivity contribution in [1.29, 1.82) is 0 Å². The van der Waals surface area contributed by atoms with E-state index < -0.39 is 11.5 Å². The van der Waals surface area contributed by atoms with Gasteiger partial charge in [0.25, 0.3) is 0 Å². The smallest absolute Gasteiger partial charge is 0.311 e. The van der Waals surface area contributed by atoms with Gasteiger partial charge in [-0.1, -0.05) is 13.8 Å². The Bertz CT molecular complexity index is 257. The molecule has 1 aliphatic heterocycles. The molecule has 1 saturated heterocycles. The van der Waals surface area contributed by atoms with Crippen molar-refractivity contribution < 1.29 is 14.6 Å². The minimum atomic E-state index is -0.888. The largest absolute Gasteiger partial charge is 0.469 e. The van der Waals surface area contributed by atoms with Crippen molar-refractivity contribution in [2.24, 2.45) is 11.8 Å². The van der Waals surface area contributed by atoms with Crippen molar-refractivity contribution in [2.45, 2.75) is 39.2 Å². The Morgan fingerprint density at radius 3 is 2.29 bits per heavy atom. The van der Waals surface area contributed by atoms with Crippen LogP contribution in [0.25, 0.3) is 0 Å². The third-order valence-corrected chi connectivity index (χ3v) is 3.71. The summed E-state index contributed by atoms with van der Waals surface area (Å²) in [6.07, 6.45) is 1.30. The number of likely N-dealkylation sites (tertiary alicyclic amines) is 1. The zero-order chi connectivity index (χ0) is 13.1. The molecule has 100 valence electrons. The molecule has 1 fully saturated rings. The minimum absolute atomic E-state index is 0.315. The van der Waals surface area contributed by atoms with Crippen LogP contribution < -0.4 is 0 Å². The van der Waals surface area contributed by atoms with Gasteiger partial charge < -0.3 is 14.7 Å². The zero-order valence-corrected chi connectivity index (χ0v) is 11.4. The quantitative estimate of drug-likeness (QED) is 0.756. The molecule has 0 aromatic carbocycles. The molecule has 17 heavy (non-hydrogen) atoms. The number of hydrogen-bond acceptors (Lipinski definition) is 4. The van der Waals surface area contributed by atoms with Crippen LogP contribution in [0.3, 0.4) is 0 Å². The van der Waals surface area contributed by atoms with Crippen molar-refractivity contribution in [1.82, 2.24) is 4.90 Å². The Kier molecular flexibility index (Phi) is 4.95. The van der Waals surface area contributed by atoms with Crippen molar-refractivity contribution in [3.63, 3.8) is 0 Å². The molecule has 0 spiro atoms. The number of hydrogen-bond donors (Lipinski definition) is 1. The Morgan fingerprint density at radius 1 is 1.35 bits per heavy atom. The highest BCUT2D eigenvalue weighted by molar-refractivity contribution is 5.73. The highest BCUT2D eigenvalue weighted by Gasteiger charge is 2.41. The number of piperidine rings is 1. The molecule has 1 aliphatic rings. The summed E-state index contributed by atoms with van der Waals surface area (Å²) in [6.45, 7) is 8.91. The molecular formula is C13H25NO3. The molecule has 4 nitrogen and oxygen atoms in total. The predicted molar refractivity (Wildman–Crippen MR) is 66.6 cm³/mol. The van der Waals surface area contributed by atoms with Gasteiger partial charge in [-0.2, -0.15) is 0 Å². The van der Waals surface area contributed by atoms with E-state index in [1.807, 2.05) is 0 Å². The lowest BCUT2D eigenvalue weighted by Crippen LogP contribution is -2.51. The van der Waals surface area contributed by atoms with E-state index in [0.717, 1.165) is 19.6 Å². The van der Waals surface area contributed by atoms with Gasteiger partial charge >= 0.3 is 5.97 Å². The molecule has 0 aromatic rings. The van der Waals surface area contributed by atoms with Gasteiger partial charge in [-0.05, 0) is 25.7 Å². The lowest BCUT2D eigenvalue weighted by Gasteiger charge is -2.41. The maximum absolute atomic E-state index is 11.5. The summed E-state index contributed by atoms with van der Waals surface area (Å²) in [6, 6.07) is 0. The summed E-state index contributed by atoms with van der Waals surface area (Å²) >= 11 is 0. The average molecular weight is 243 g/mol. The molecular weight excluding hydrogens is 218 g/mol. The number of aliphatic hydroxyl groups is 1. The molecule has 4 heteroatoms. The Labute approximate surface area is 104 Å². The summed E-state index contributed by atoms with van der Waals surface area (Å²) in [5.41, 5.74) is -0.888. The zero-order valence-electron chi connectivity index (χ0n) is 11.4. The van der Waals surface area contributed by atoms with E-state index in [9.17, 15) is 9.90 Å². The molecule has 1 unspecified atom stereocenters. The maximum atomic E-state index is 11.5. The van der Waals surface area contributed by atoms with Crippen LogP contribution in [0.15, 0.2) is 0 Å². The van der Waals surface area contributed by atoms with Gasteiger partial charge in [0.15, 0.2) is 0 Å². The first kappa shape index (κ1) is 14.5. The predicted octanol–water partition coefficient (Wildman–Crippen LogP) is 1.28. The van der Waals surface area contributed by atoms with E-state index >= 15 is 0 Å². The van der Waals surface area contributed by atoms with E-state index in [0.29, 0.717) is 18.8 Å². The molecule has 0 aliphatic carbocycles. The normalized spacial score (nSPS) is 22.5. The number of ether oxygens (including phenoxy) is 1. The number of esters is 1. The fraction of sp³-hybridized carbons (Fsp3) is 0.923. The van der Waals surface area contributed by atoms with Crippen LogP contribution in [-0.2, 0) is 9.53 Å². The van der Waals surface area contributed by atoms with Crippen molar-refractivity contribution in [3.8, 4) is 0 Å². The van der Waals surface area contributed by atoms with Crippen molar-refractivity contribution in [2.75, 3.05) is 26.7 Å². The van der Waals surface area contributed by atoms with E-state index in [4.69, 9.17) is 4.74 Å². The minimum Gasteiger partial charge on any atom is -0.469 e. The monoisotopic (exact) mass is 243 g/mol. The Morgan fingerprint density at radius 2 is 1.88 bits per heavy atom. The summed E-state index contributed by atoms with van der Waals surface area (Å²) in [5.74, 6) is -0.113. The third kappa shape index (κ3) is 3.68. The first-order chi connectivity index (χ1) is 7.89. The summed E-state index contributed by atoms with van der Waals surface area (Å²) in [7, 11) is 1.37. The van der Waals surface area contributed by atoms with Crippen LogP contribution >= 0.6 is 0 Å². The van der Waals surface area contributed by atoms with Gasteiger partial charge in [-0.3, -0.25) is 4.79 Å². The second-order valence-electron chi connectivity index (χ2n) is 5.54.